The number of hydrogen-bond donors (Lipinski definition) is 3. The first kappa shape index (κ1) is 15.8. The molecule has 1 fully saturated rings. The van der Waals surface area contributed by atoms with Crippen LogP contribution in [0.5, 0.6) is 0 Å². The number of nitrogens with one attached hydrogen (secondary N) is 3. The van der Waals surface area contributed by atoms with E-state index in [1.807, 2.05) is 12.1 Å². The number of fused-ring (bicyclic) bond motifs is 1. The predicted octanol–water partition coefficient (Wildman–Crippen LogP) is 0.920. The van der Waals surface area contributed by atoms with Gasteiger partial charge in [0.15, 0.2) is 0 Å². The van der Waals surface area contributed by atoms with Crippen LogP contribution in [0.2, 0.25) is 0 Å². The Morgan fingerprint density at radius 1 is 1.33 bits per heavy atom. The first-order valence-corrected chi connectivity index (χ1v) is 6.78. The third-order valence-electron chi connectivity index (χ3n) is 3.49. The van der Waals surface area contributed by atoms with Gasteiger partial charge < -0.3 is 20.7 Å². The minimum atomic E-state index is -0.445. The van der Waals surface area contributed by atoms with E-state index in [-0.39, 0.29) is 24.2 Å². The number of carbonyl (C=O) groups excluding carboxylic acids is 2. The van der Waals surface area contributed by atoms with Gasteiger partial charge in [-0.1, -0.05) is 0 Å². The maximum absolute atomic E-state index is 12.0. The van der Waals surface area contributed by atoms with Gasteiger partial charge in [-0.15, -0.1) is 12.4 Å². The lowest BCUT2D eigenvalue weighted by Gasteiger charge is -2.23. The van der Waals surface area contributed by atoms with Crippen molar-refractivity contribution in [2.45, 2.75) is 18.9 Å². The number of anilines is 2. The van der Waals surface area contributed by atoms with E-state index >= 15 is 0 Å². The molecule has 2 aliphatic heterocycles. The number of carbonyl (C=O) groups is 2. The first-order chi connectivity index (χ1) is 9.72. The second-order valence-corrected chi connectivity index (χ2v) is 4.97. The number of rotatable bonds is 2. The molecule has 1 unspecified atom stereocenters. The third-order valence-corrected chi connectivity index (χ3v) is 3.49. The smallest absolute Gasteiger partial charge is 0.254 e. The molecule has 0 radical (unpaired) electrons. The highest BCUT2D eigenvalue weighted by atomic mass is 35.5. The van der Waals surface area contributed by atoms with Gasteiger partial charge in [0.05, 0.1) is 6.61 Å². The Morgan fingerprint density at radius 3 is 2.95 bits per heavy atom. The Labute approximate surface area is 129 Å². The molecule has 3 rings (SSSR count). The molecule has 1 saturated heterocycles. The number of amides is 2. The molecule has 2 amide bonds. The summed E-state index contributed by atoms with van der Waals surface area (Å²) in [7, 11) is 0. The minimum absolute atomic E-state index is 0. The van der Waals surface area contributed by atoms with Crippen molar-refractivity contribution in [3.8, 4) is 0 Å². The Balaban J connectivity index is 0.00000161. The summed E-state index contributed by atoms with van der Waals surface area (Å²) in [5.74, 6) is -0.104. The molecule has 0 aliphatic carbocycles. The largest absolute Gasteiger partial charge is 0.366 e. The molecular formula is C14H18ClN3O3. The van der Waals surface area contributed by atoms with E-state index in [1.54, 1.807) is 6.07 Å². The van der Waals surface area contributed by atoms with Crippen LogP contribution in [0.15, 0.2) is 18.2 Å². The van der Waals surface area contributed by atoms with E-state index in [2.05, 4.69) is 16.0 Å². The lowest BCUT2D eigenvalue weighted by molar-refractivity contribution is -0.128. The summed E-state index contributed by atoms with van der Waals surface area (Å²) in [6.07, 6.45) is 0.742. The van der Waals surface area contributed by atoms with Crippen molar-refractivity contribution < 1.29 is 14.3 Å². The zero-order valence-electron chi connectivity index (χ0n) is 11.5. The normalized spacial score (nSPS) is 20.8. The zero-order valence-corrected chi connectivity index (χ0v) is 12.3. The Hall–Kier alpha value is -1.63. The van der Waals surface area contributed by atoms with Crippen molar-refractivity contribution in [3.05, 3.63) is 23.8 Å². The summed E-state index contributed by atoms with van der Waals surface area (Å²) in [4.78, 5) is 23.3. The number of aryl methyl sites for hydroxylation is 1. The number of morpholine rings is 1. The van der Waals surface area contributed by atoms with E-state index < -0.39 is 6.10 Å². The van der Waals surface area contributed by atoms with Crippen molar-refractivity contribution in [1.29, 1.82) is 0 Å². The highest BCUT2D eigenvalue weighted by Crippen LogP contribution is 2.25. The monoisotopic (exact) mass is 311 g/mol. The van der Waals surface area contributed by atoms with E-state index in [9.17, 15) is 9.59 Å². The fourth-order valence-electron chi connectivity index (χ4n) is 2.42. The molecule has 21 heavy (non-hydrogen) atoms. The van der Waals surface area contributed by atoms with Gasteiger partial charge >= 0.3 is 0 Å². The van der Waals surface area contributed by atoms with Crippen LogP contribution in [-0.2, 0) is 20.7 Å². The topological polar surface area (TPSA) is 79.5 Å². The fraction of sp³-hybridized carbons (Fsp3) is 0.429. The average molecular weight is 312 g/mol. The standard InChI is InChI=1S/C14H17N3O3.ClH/c18-13-4-1-9-7-10(2-3-11(9)17-13)16-14(19)12-8-15-5-6-20-12;/h2-3,7,12,15H,1,4-6,8H2,(H,16,19)(H,17,18);1H. The molecule has 3 N–H and O–H groups in total. The molecule has 1 aromatic rings. The zero-order chi connectivity index (χ0) is 13.9. The second kappa shape index (κ2) is 6.89. The van der Waals surface area contributed by atoms with Gasteiger partial charge in [0.25, 0.3) is 5.91 Å². The van der Waals surface area contributed by atoms with E-state index in [4.69, 9.17) is 4.74 Å². The molecule has 7 heteroatoms. The summed E-state index contributed by atoms with van der Waals surface area (Å²) < 4.78 is 5.41. The third kappa shape index (κ3) is 3.72. The van der Waals surface area contributed by atoms with Crippen LogP contribution in [0.4, 0.5) is 11.4 Å². The van der Waals surface area contributed by atoms with Gasteiger partial charge in [-0.05, 0) is 30.2 Å². The number of ether oxygens (including phenoxy) is 1. The highest BCUT2D eigenvalue weighted by Gasteiger charge is 2.22. The van der Waals surface area contributed by atoms with Gasteiger partial charge in [0.1, 0.15) is 6.10 Å². The fourth-order valence-corrected chi connectivity index (χ4v) is 2.42. The summed E-state index contributed by atoms with van der Waals surface area (Å²) in [6.45, 7) is 1.86. The van der Waals surface area contributed by atoms with Crippen molar-refractivity contribution >= 4 is 35.6 Å². The Morgan fingerprint density at radius 2 is 2.19 bits per heavy atom. The van der Waals surface area contributed by atoms with E-state index in [1.165, 1.54) is 0 Å². The number of halogens is 1. The SMILES string of the molecule is Cl.O=C1CCc2cc(NC(=O)C3CNCCO3)ccc2N1. The van der Waals surface area contributed by atoms with E-state index in [0.29, 0.717) is 26.0 Å². The molecule has 2 aliphatic rings. The minimum Gasteiger partial charge on any atom is -0.366 e. The van der Waals surface area contributed by atoms with Crippen LogP contribution >= 0.6 is 12.4 Å². The van der Waals surface area contributed by atoms with Crippen LogP contribution in [0.1, 0.15) is 12.0 Å². The summed E-state index contributed by atoms with van der Waals surface area (Å²) in [5, 5.41) is 8.80. The molecule has 0 spiro atoms. The summed E-state index contributed by atoms with van der Waals surface area (Å²) >= 11 is 0. The Kier molecular flexibility index (Phi) is 5.17. The summed E-state index contributed by atoms with van der Waals surface area (Å²) in [5.41, 5.74) is 2.61. The van der Waals surface area contributed by atoms with Gasteiger partial charge in [0.2, 0.25) is 5.91 Å². The van der Waals surface area contributed by atoms with Crippen molar-refractivity contribution in [1.82, 2.24) is 5.32 Å². The van der Waals surface area contributed by atoms with Gasteiger partial charge in [-0.3, -0.25) is 9.59 Å². The highest BCUT2D eigenvalue weighted by molar-refractivity contribution is 5.97. The van der Waals surface area contributed by atoms with Gasteiger partial charge in [-0.25, -0.2) is 0 Å². The number of hydrogen-bond acceptors (Lipinski definition) is 4. The van der Waals surface area contributed by atoms with Crippen LogP contribution in [0, 0.1) is 0 Å². The molecule has 6 nitrogen and oxygen atoms in total. The maximum Gasteiger partial charge on any atom is 0.254 e. The molecule has 1 atom stereocenters. The van der Waals surface area contributed by atoms with Crippen molar-refractivity contribution in [3.63, 3.8) is 0 Å². The van der Waals surface area contributed by atoms with Gasteiger partial charge in [0, 0.05) is 30.9 Å². The molecule has 1 aromatic carbocycles. The van der Waals surface area contributed by atoms with Crippen LogP contribution in [0.25, 0.3) is 0 Å². The second-order valence-electron chi connectivity index (χ2n) is 4.97. The summed E-state index contributed by atoms with van der Waals surface area (Å²) in [6, 6.07) is 5.52. The quantitative estimate of drug-likeness (QED) is 0.759. The molecular weight excluding hydrogens is 294 g/mol. The lowest BCUT2D eigenvalue weighted by Crippen LogP contribution is -2.45. The van der Waals surface area contributed by atoms with Crippen molar-refractivity contribution in [2.75, 3.05) is 30.3 Å². The number of benzene rings is 1. The molecule has 0 bridgehead atoms. The predicted molar refractivity (Wildman–Crippen MR) is 81.9 cm³/mol. The molecule has 0 aromatic heterocycles. The molecule has 2 heterocycles. The maximum atomic E-state index is 12.0. The van der Waals surface area contributed by atoms with Crippen LogP contribution < -0.4 is 16.0 Å². The molecule has 0 saturated carbocycles. The Bertz CT molecular complexity index is 544. The average Bonchev–Trinajstić information content (AvgIpc) is 2.48. The van der Waals surface area contributed by atoms with E-state index in [0.717, 1.165) is 23.5 Å². The molecule has 114 valence electrons. The van der Waals surface area contributed by atoms with Crippen LogP contribution in [-0.4, -0.2) is 37.6 Å². The van der Waals surface area contributed by atoms with Crippen LogP contribution in [0.3, 0.4) is 0 Å². The first-order valence-electron chi connectivity index (χ1n) is 6.78. The van der Waals surface area contributed by atoms with Gasteiger partial charge in [-0.2, -0.15) is 0 Å². The lowest BCUT2D eigenvalue weighted by atomic mass is 10.0. The van der Waals surface area contributed by atoms with Crippen molar-refractivity contribution in [2.24, 2.45) is 0 Å².